The van der Waals surface area contributed by atoms with Gasteiger partial charge < -0.3 is 10.6 Å². The van der Waals surface area contributed by atoms with E-state index in [1.165, 1.54) is 30.3 Å². The van der Waals surface area contributed by atoms with Crippen molar-refractivity contribution in [2.24, 2.45) is 0 Å². The minimum Gasteiger partial charge on any atom is -0.349 e. The van der Waals surface area contributed by atoms with Gasteiger partial charge in [0.2, 0.25) is 9.84 Å². The molecule has 1 fully saturated rings. The predicted molar refractivity (Wildman–Crippen MR) is 95.1 cm³/mol. The van der Waals surface area contributed by atoms with E-state index in [4.69, 9.17) is 0 Å². The van der Waals surface area contributed by atoms with E-state index in [9.17, 15) is 18.0 Å². The molecule has 0 atom stereocenters. The molecule has 0 aromatic heterocycles. The molecule has 2 heterocycles. The average molecular weight is 370 g/mol. The van der Waals surface area contributed by atoms with Crippen LogP contribution in [-0.2, 0) is 9.84 Å². The van der Waals surface area contributed by atoms with E-state index in [2.05, 4.69) is 10.6 Å². The van der Waals surface area contributed by atoms with E-state index in [0.29, 0.717) is 0 Å². The molecule has 2 aromatic carbocycles. The van der Waals surface area contributed by atoms with Gasteiger partial charge in [0.05, 0.1) is 9.79 Å². The van der Waals surface area contributed by atoms with Gasteiger partial charge in [0.25, 0.3) is 5.91 Å². The van der Waals surface area contributed by atoms with Crippen molar-refractivity contribution in [3.8, 4) is 0 Å². The molecular weight excluding hydrogens is 352 g/mol. The van der Waals surface area contributed by atoms with Crippen molar-refractivity contribution in [1.82, 2.24) is 10.6 Å². The zero-order chi connectivity index (χ0) is 18.3. The highest BCUT2D eigenvalue weighted by Crippen LogP contribution is 2.34. The number of carbonyl (C=O) groups is 2. The summed E-state index contributed by atoms with van der Waals surface area (Å²) in [7, 11) is -3.83. The first-order valence-electron chi connectivity index (χ1n) is 8.53. The fourth-order valence-electron chi connectivity index (χ4n) is 3.46. The lowest BCUT2D eigenvalue weighted by molar-refractivity contribution is 0.0927. The first-order valence-corrected chi connectivity index (χ1v) is 10.0. The van der Waals surface area contributed by atoms with E-state index in [1.807, 2.05) is 0 Å². The number of amides is 1. The molecule has 7 heteroatoms. The van der Waals surface area contributed by atoms with Crippen LogP contribution < -0.4 is 10.6 Å². The Kier molecular flexibility index (Phi) is 4.13. The van der Waals surface area contributed by atoms with Gasteiger partial charge in [-0.25, -0.2) is 8.42 Å². The predicted octanol–water partition coefficient (Wildman–Crippen LogP) is 1.55. The topological polar surface area (TPSA) is 92.3 Å². The molecule has 26 heavy (non-hydrogen) atoms. The molecule has 0 bridgehead atoms. The maximum atomic E-state index is 12.9. The smallest absolute Gasteiger partial charge is 0.251 e. The minimum absolute atomic E-state index is 0.00610. The van der Waals surface area contributed by atoms with Gasteiger partial charge in [-0.15, -0.1) is 0 Å². The van der Waals surface area contributed by atoms with Crippen LogP contribution in [0, 0.1) is 0 Å². The van der Waals surface area contributed by atoms with Crippen molar-refractivity contribution in [3.63, 3.8) is 0 Å². The van der Waals surface area contributed by atoms with Crippen LogP contribution in [-0.4, -0.2) is 39.2 Å². The Morgan fingerprint density at radius 1 is 1.00 bits per heavy atom. The average Bonchev–Trinajstić information content (AvgIpc) is 2.67. The van der Waals surface area contributed by atoms with Gasteiger partial charge in [-0.1, -0.05) is 12.1 Å². The molecule has 0 unspecified atom stereocenters. The summed E-state index contributed by atoms with van der Waals surface area (Å²) in [5.41, 5.74) is 0.534. The van der Waals surface area contributed by atoms with Gasteiger partial charge in [0.15, 0.2) is 5.78 Å². The second-order valence-corrected chi connectivity index (χ2v) is 8.42. The number of nitrogens with one attached hydrogen (secondary N) is 2. The van der Waals surface area contributed by atoms with Crippen molar-refractivity contribution < 1.29 is 18.0 Å². The lowest BCUT2D eigenvalue weighted by Gasteiger charge is -2.24. The third-order valence-electron chi connectivity index (χ3n) is 4.87. The molecule has 2 N–H and O–H groups in total. The molecule has 2 aromatic rings. The quantitative estimate of drug-likeness (QED) is 0.714. The Morgan fingerprint density at radius 2 is 1.69 bits per heavy atom. The Bertz CT molecular complexity index is 1010. The summed E-state index contributed by atoms with van der Waals surface area (Å²) in [5.74, 6) is -0.656. The highest BCUT2D eigenvalue weighted by Gasteiger charge is 2.35. The molecular formula is C19H18N2O4S. The summed E-state index contributed by atoms with van der Waals surface area (Å²) in [4.78, 5) is 25.0. The summed E-state index contributed by atoms with van der Waals surface area (Å²) in [5, 5.41) is 6.17. The van der Waals surface area contributed by atoms with E-state index in [-0.39, 0.29) is 44.2 Å². The van der Waals surface area contributed by atoms with Crippen LogP contribution >= 0.6 is 0 Å². The number of sulfone groups is 1. The highest BCUT2D eigenvalue weighted by atomic mass is 32.2. The third-order valence-corrected chi connectivity index (χ3v) is 6.73. The van der Waals surface area contributed by atoms with Gasteiger partial charge >= 0.3 is 0 Å². The Hall–Kier alpha value is -2.51. The molecule has 1 amide bonds. The van der Waals surface area contributed by atoms with Gasteiger partial charge in [-0.2, -0.15) is 0 Å². The Labute approximate surface area is 151 Å². The first kappa shape index (κ1) is 16.9. The van der Waals surface area contributed by atoms with Crippen molar-refractivity contribution in [2.75, 3.05) is 13.1 Å². The highest BCUT2D eigenvalue weighted by molar-refractivity contribution is 7.91. The number of ketones is 1. The molecule has 0 spiro atoms. The SMILES string of the molecule is O=C(NC1CCNCC1)c1ccc2c(c1)S(=O)(=O)c1ccccc1C2=O. The molecule has 0 saturated carbocycles. The van der Waals surface area contributed by atoms with Gasteiger partial charge in [0, 0.05) is 22.7 Å². The summed E-state index contributed by atoms with van der Waals surface area (Å²) < 4.78 is 25.8. The normalized spacial score (nSPS) is 18.7. The second kappa shape index (κ2) is 6.34. The van der Waals surface area contributed by atoms with E-state index in [1.54, 1.807) is 12.1 Å². The summed E-state index contributed by atoms with van der Waals surface area (Å²) >= 11 is 0. The number of hydrogen-bond acceptors (Lipinski definition) is 5. The summed E-state index contributed by atoms with van der Waals surface area (Å²) in [6, 6.07) is 10.5. The van der Waals surface area contributed by atoms with E-state index in [0.717, 1.165) is 25.9 Å². The van der Waals surface area contributed by atoms with Crippen LogP contribution in [0.4, 0.5) is 0 Å². The molecule has 0 aliphatic carbocycles. The molecule has 4 rings (SSSR count). The minimum atomic E-state index is -3.83. The molecule has 134 valence electrons. The fourth-order valence-corrected chi connectivity index (χ4v) is 5.14. The van der Waals surface area contributed by atoms with Crippen LogP contribution in [0.25, 0.3) is 0 Å². The fraction of sp³-hybridized carbons (Fsp3) is 0.263. The van der Waals surface area contributed by atoms with Crippen molar-refractivity contribution in [1.29, 1.82) is 0 Å². The largest absolute Gasteiger partial charge is 0.349 e. The van der Waals surface area contributed by atoms with Gasteiger partial charge in [-0.3, -0.25) is 9.59 Å². The summed E-state index contributed by atoms with van der Waals surface area (Å²) in [6.07, 6.45) is 1.67. The van der Waals surface area contributed by atoms with Crippen LogP contribution in [0.2, 0.25) is 0 Å². The number of piperidine rings is 1. The van der Waals surface area contributed by atoms with Crippen molar-refractivity contribution in [2.45, 2.75) is 28.7 Å². The first-order chi connectivity index (χ1) is 12.5. The number of carbonyl (C=O) groups excluding carboxylic acids is 2. The Morgan fingerprint density at radius 3 is 2.46 bits per heavy atom. The van der Waals surface area contributed by atoms with E-state index >= 15 is 0 Å². The molecule has 0 radical (unpaired) electrons. The van der Waals surface area contributed by atoms with Gasteiger partial charge in [-0.05, 0) is 56.3 Å². The number of fused-ring (bicyclic) bond motifs is 2. The monoisotopic (exact) mass is 370 g/mol. The lowest BCUT2D eigenvalue weighted by atomic mass is 10.0. The molecule has 1 saturated heterocycles. The standard InChI is InChI=1S/C19H18N2O4S/c22-18-14-3-1-2-4-16(14)26(24,25)17-11-12(5-6-15(17)18)19(23)21-13-7-9-20-10-8-13/h1-6,11,13,20H,7-10H2,(H,21,23). The lowest BCUT2D eigenvalue weighted by Crippen LogP contribution is -2.42. The maximum absolute atomic E-state index is 12.9. The molecule has 2 aliphatic rings. The summed E-state index contributed by atoms with van der Waals surface area (Å²) in [6.45, 7) is 1.68. The van der Waals surface area contributed by atoms with E-state index < -0.39 is 9.84 Å². The van der Waals surface area contributed by atoms with Crippen LogP contribution in [0.1, 0.15) is 39.1 Å². The second-order valence-electron chi connectivity index (χ2n) is 6.54. The van der Waals surface area contributed by atoms with Crippen molar-refractivity contribution >= 4 is 21.5 Å². The zero-order valence-corrected chi connectivity index (χ0v) is 14.8. The Balaban J connectivity index is 1.71. The third kappa shape index (κ3) is 2.73. The number of hydrogen-bond donors (Lipinski definition) is 2. The number of benzene rings is 2. The maximum Gasteiger partial charge on any atom is 0.251 e. The number of rotatable bonds is 2. The molecule has 6 nitrogen and oxygen atoms in total. The van der Waals surface area contributed by atoms with Crippen LogP contribution in [0.5, 0.6) is 0 Å². The van der Waals surface area contributed by atoms with Crippen LogP contribution in [0.3, 0.4) is 0 Å². The van der Waals surface area contributed by atoms with Crippen molar-refractivity contribution in [3.05, 3.63) is 59.2 Å². The van der Waals surface area contributed by atoms with Crippen LogP contribution in [0.15, 0.2) is 52.3 Å². The zero-order valence-electron chi connectivity index (χ0n) is 14.0. The molecule has 2 aliphatic heterocycles. The van der Waals surface area contributed by atoms with Gasteiger partial charge in [0.1, 0.15) is 0 Å².